The highest BCUT2D eigenvalue weighted by Crippen LogP contribution is 2.25. The standard InChI is InChI=1S/C20H14FN3O3S2/c21-15-10-8-13(9-11-15)12-29(26,27)20-24-23-19(28-20)22-18(25)17-7-3-5-14-4-1-2-6-16(14)17/h1-11H,12H2,(H,22,23,25). The number of hydrogen-bond acceptors (Lipinski definition) is 6. The number of amides is 1. The van der Waals surface area contributed by atoms with Crippen LogP contribution in [0.15, 0.2) is 71.1 Å². The molecule has 29 heavy (non-hydrogen) atoms. The van der Waals surface area contributed by atoms with Gasteiger partial charge in [-0.25, -0.2) is 12.8 Å². The van der Waals surface area contributed by atoms with Crippen LogP contribution in [0.2, 0.25) is 0 Å². The Kier molecular flexibility index (Phi) is 5.08. The van der Waals surface area contributed by atoms with E-state index in [0.717, 1.165) is 22.1 Å². The molecule has 0 aliphatic carbocycles. The molecule has 0 saturated carbocycles. The molecule has 0 bridgehead atoms. The first-order valence-corrected chi connectivity index (χ1v) is 11.0. The number of aromatic nitrogens is 2. The summed E-state index contributed by atoms with van der Waals surface area (Å²) < 4.78 is 37.8. The first kappa shape index (κ1) is 19.2. The molecule has 1 heterocycles. The molecule has 0 aliphatic heterocycles. The highest BCUT2D eigenvalue weighted by Gasteiger charge is 2.22. The molecule has 0 spiro atoms. The number of benzene rings is 3. The minimum absolute atomic E-state index is 0.0839. The Labute approximate surface area is 170 Å². The number of anilines is 1. The number of halogens is 1. The molecule has 4 rings (SSSR count). The van der Waals surface area contributed by atoms with E-state index in [0.29, 0.717) is 11.1 Å². The van der Waals surface area contributed by atoms with Crippen LogP contribution in [0.5, 0.6) is 0 Å². The highest BCUT2D eigenvalue weighted by molar-refractivity contribution is 7.92. The van der Waals surface area contributed by atoms with Crippen LogP contribution in [-0.2, 0) is 15.6 Å². The third-order valence-corrected chi connectivity index (χ3v) is 7.17. The first-order chi connectivity index (χ1) is 13.9. The largest absolute Gasteiger partial charge is 0.296 e. The fourth-order valence-corrected chi connectivity index (χ4v) is 5.15. The van der Waals surface area contributed by atoms with E-state index < -0.39 is 21.6 Å². The van der Waals surface area contributed by atoms with Gasteiger partial charge in [-0.15, -0.1) is 10.2 Å². The van der Waals surface area contributed by atoms with Crippen LogP contribution in [0.25, 0.3) is 10.8 Å². The van der Waals surface area contributed by atoms with Gasteiger partial charge in [0.1, 0.15) is 5.82 Å². The van der Waals surface area contributed by atoms with Crippen molar-refractivity contribution in [3.05, 3.63) is 83.7 Å². The number of sulfone groups is 1. The molecular weight excluding hydrogens is 413 g/mol. The third-order valence-electron chi connectivity index (χ3n) is 4.20. The molecule has 0 aliphatic rings. The Bertz CT molecular complexity index is 1300. The summed E-state index contributed by atoms with van der Waals surface area (Å²) in [6.07, 6.45) is 0. The number of nitrogens with zero attached hydrogens (tertiary/aromatic N) is 2. The van der Waals surface area contributed by atoms with E-state index in [1.54, 1.807) is 12.1 Å². The van der Waals surface area contributed by atoms with Crippen molar-refractivity contribution in [1.82, 2.24) is 10.2 Å². The number of nitrogens with one attached hydrogen (secondary N) is 1. The topological polar surface area (TPSA) is 89.0 Å². The SMILES string of the molecule is O=C(Nc1nnc(S(=O)(=O)Cc2ccc(F)cc2)s1)c1cccc2ccccc12. The van der Waals surface area contributed by atoms with Gasteiger partial charge in [0.2, 0.25) is 19.3 Å². The van der Waals surface area contributed by atoms with Crippen LogP contribution < -0.4 is 5.32 Å². The molecule has 0 saturated heterocycles. The summed E-state index contributed by atoms with van der Waals surface area (Å²) in [6, 6.07) is 18.0. The number of rotatable bonds is 5. The van der Waals surface area contributed by atoms with Crippen LogP contribution in [0, 0.1) is 5.82 Å². The highest BCUT2D eigenvalue weighted by atomic mass is 32.2. The maximum absolute atomic E-state index is 13.0. The molecule has 3 aromatic carbocycles. The Morgan fingerprint density at radius 3 is 2.48 bits per heavy atom. The molecule has 0 radical (unpaired) electrons. The van der Waals surface area contributed by atoms with Gasteiger partial charge in [0.25, 0.3) is 5.91 Å². The molecule has 1 aromatic heterocycles. The second-order valence-electron chi connectivity index (χ2n) is 6.24. The minimum Gasteiger partial charge on any atom is -0.296 e. The molecule has 4 aromatic rings. The molecule has 0 unspecified atom stereocenters. The Hall–Kier alpha value is -3.17. The quantitative estimate of drug-likeness (QED) is 0.485. The van der Waals surface area contributed by atoms with Gasteiger partial charge in [0, 0.05) is 5.56 Å². The zero-order valence-electron chi connectivity index (χ0n) is 14.9. The summed E-state index contributed by atoms with van der Waals surface area (Å²) in [5.74, 6) is -1.18. The van der Waals surface area contributed by atoms with Gasteiger partial charge >= 0.3 is 0 Å². The van der Waals surface area contributed by atoms with Crippen LogP contribution in [0.4, 0.5) is 9.52 Å². The predicted octanol–water partition coefficient (Wildman–Crippen LogP) is 4.06. The van der Waals surface area contributed by atoms with E-state index in [-0.39, 0.29) is 15.2 Å². The van der Waals surface area contributed by atoms with Crippen molar-refractivity contribution in [2.75, 3.05) is 5.32 Å². The fraction of sp³-hybridized carbons (Fsp3) is 0.0500. The lowest BCUT2D eigenvalue weighted by molar-refractivity contribution is 0.102. The Morgan fingerprint density at radius 2 is 1.69 bits per heavy atom. The van der Waals surface area contributed by atoms with E-state index in [1.165, 1.54) is 24.3 Å². The second-order valence-corrected chi connectivity index (χ2v) is 9.38. The van der Waals surface area contributed by atoms with Gasteiger partial charge in [-0.05, 0) is 34.5 Å². The Morgan fingerprint density at radius 1 is 0.966 bits per heavy atom. The molecule has 146 valence electrons. The fourth-order valence-electron chi connectivity index (χ4n) is 2.84. The van der Waals surface area contributed by atoms with Crippen molar-refractivity contribution in [2.45, 2.75) is 10.1 Å². The van der Waals surface area contributed by atoms with Crippen molar-refractivity contribution in [3.8, 4) is 0 Å². The summed E-state index contributed by atoms with van der Waals surface area (Å²) in [5, 5.41) is 11.9. The van der Waals surface area contributed by atoms with Gasteiger partial charge in [-0.1, -0.05) is 59.9 Å². The van der Waals surface area contributed by atoms with Crippen molar-refractivity contribution in [2.24, 2.45) is 0 Å². The monoisotopic (exact) mass is 427 g/mol. The van der Waals surface area contributed by atoms with Gasteiger partial charge in [0.15, 0.2) is 0 Å². The normalized spacial score (nSPS) is 11.5. The van der Waals surface area contributed by atoms with Crippen LogP contribution in [0.3, 0.4) is 0 Å². The van der Waals surface area contributed by atoms with Crippen molar-refractivity contribution in [1.29, 1.82) is 0 Å². The zero-order valence-corrected chi connectivity index (χ0v) is 16.5. The smallest absolute Gasteiger partial charge is 0.258 e. The minimum atomic E-state index is -3.77. The predicted molar refractivity (Wildman–Crippen MR) is 109 cm³/mol. The van der Waals surface area contributed by atoms with Gasteiger partial charge in [-0.3, -0.25) is 10.1 Å². The molecule has 0 fully saturated rings. The van der Waals surface area contributed by atoms with E-state index in [9.17, 15) is 17.6 Å². The summed E-state index contributed by atoms with van der Waals surface area (Å²) >= 11 is 0.774. The van der Waals surface area contributed by atoms with Crippen LogP contribution >= 0.6 is 11.3 Å². The van der Waals surface area contributed by atoms with E-state index in [2.05, 4.69) is 15.5 Å². The lowest BCUT2D eigenvalue weighted by Crippen LogP contribution is -2.12. The maximum Gasteiger partial charge on any atom is 0.258 e. The average Bonchev–Trinajstić information content (AvgIpc) is 3.18. The third kappa shape index (κ3) is 4.15. The summed E-state index contributed by atoms with van der Waals surface area (Å²) in [6.45, 7) is 0. The average molecular weight is 427 g/mol. The van der Waals surface area contributed by atoms with E-state index >= 15 is 0 Å². The van der Waals surface area contributed by atoms with Crippen molar-refractivity contribution >= 4 is 43.0 Å². The van der Waals surface area contributed by atoms with Crippen molar-refractivity contribution in [3.63, 3.8) is 0 Å². The summed E-state index contributed by atoms with van der Waals surface area (Å²) in [7, 11) is -3.77. The number of fused-ring (bicyclic) bond motifs is 1. The van der Waals surface area contributed by atoms with E-state index in [4.69, 9.17) is 0 Å². The number of carbonyl (C=O) groups is 1. The summed E-state index contributed by atoms with van der Waals surface area (Å²) in [5.41, 5.74) is 0.886. The number of hydrogen-bond donors (Lipinski definition) is 1. The molecule has 0 atom stereocenters. The van der Waals surface area contributed by atoms with Gasteiger partial charge in [-0.2, -0.15) is 0 Å². The van der Waals surface area contributed by atoms with Crippen LogP contribution in [0.1, 0.15) is 15.9 Å². The van der Waals surface area contributed by atoms with Gasteiger partial charge < -0.3 is 0 Å². The number of carbonyl (C=O) groups excluding carboxylic acids is 1. The molecule has 6 nitrogen and oxygen atoms in total. The molecule has 1 amide bonds. The molecular formula is C20H14FN3O3S2. The first-order valence-electron chi connectivity index (χ1n) is 8.52. The van der Waals surface area contributed by atoms with Crippen molar-refractivity contribution < 1.29 is 17.6 Å². The molecule has 9 heteroatoms. The van der Waals surface area contributed by atoms with Crippen LogP contribution in [-0.4, -0.2) is 24.5 Å². The van der Waals surface area contributed by atoms with E-state index in [1.807, 2.05) is 30.3 Å². The lowest BCUT2D eigenvalue weighted by atomic mass is 10.0. The molecule has 1 N–H and O–H groups in total. The zero-order chi connectivity index (χ0) is 20.4. The lowest BCUT2D eigenvalue weighted by Gasteiger charge is -2.05. The van der Waals surface area contributed by atoms with Gasteiger partial charge in [0.05, 0.1) is 5.75 Å². The Balaban J connectivity index is 1.54. The second kappa shape index (κ2) is 7.69. The maximum atomic E-state index is 13.0. The summed E-state index contributed by atoms with van der Waals surface area (Å²) in [4.78, 5) is 12.7.